The maximum Gasteiger partial charge on any atom is 0.274 e. The monoisotopic (exact) mass is 492 g/mol. The Morgan fingerprint density at radius 3 is 2.42 bits per heavy atom. The largest absolute Gasteiger partial charge is 0.497 e. The van der Waals surface area contributed by atoms with Gasteiger partial charge in [0.1, 0.15) is 29.1 Å². The number of aromatic nitrogens is 1. The molecule has 10 heteroatoms. The molecule has 0 bridgehead atoms. The molecule has 0 spiro atoms. The predicted octanol–water partition coefficient (Wildman–Crippen LogP) is 2.96. The van der Waals surface area contributed by atoms with E-state index >= 15 is 8.78 Å². The van der Waals surface area contributed by atoms with Crippen molar-refractivity contribution in [2.24, 2.45) is 0 Å². The minimum absolute atomic E-state index is 0.0398. The van der Waals surface area contributed by atoms with Crippen LogP contribution in [-0.2, 0) is 11.3 Å². The highest BCUT2D eigenvalue weighted by atomic mass is 19.1. The summed E-state index contributed by atoms with van der Waals surface area (Å²) in [6.07, 6.45) is 1.57. The molecule has 2 amide bonds. The molecule has 2 heterocycles. The number of aryl methyl sites for hydroxylation is 1. The molecule has 184 valence electrons. The lowest BCUT2D eigenvalue weighted by atomic mass is 9.92. The first-order valence-corrected chi connectivity index (χ1v) is 11.1. The van der Waals surface area contributed by atoms with Crippen LogP contribution >= 0.6 is 0 Å². The van der Waals surface area contributed by atoms with Gasteiger partial charge in [-0.2, -0.15) is 5.26 Å². The number of carbonyl (C=O) groups excluding carboxylic acids is 2. The Balaban J connectivity index is 1.77. The summed E-state index contributed by atoms with van der Waals surface area (Å²) in [6.45, 7) is 1.89. The van der Waals surface area contributed by atoms with Crippen molar-refractivity contribution < 1.29 is 23.1 Å². The van der Waals surface area contributed by atoms with Crippen molar-refractivity contribution in [2.75, 3.05) is 18.6 Å². The number of methoxy groups -OCH3 is 1. The maximum absolute atomic E-state index is 15.1. The molecule has 1 fully saturated rings. The second-order valence-corrected chi connectivity index (χ2v) is 8.18. The van der Waals surface area contributed by atoms with Gasteiger partial charge in [0.15, 0.2) is 0 Å². The van der Waals surface area contributed by atoms with E-state index in [-0.39, 0.29) is 23.5 Å². The standard InChI is InChI=1S/C26H22F2N4O4/c1-3-31-10-4-5-21(25(31)34)32-14-18(22-19(27)11-17(36-2)12-20(22)28)23(26(32)35)30-24(33)16-8-6-15(13-29)7-9-16/h4-12,18,23H,3,14H2,1-2H3,(H,30,33)/t18-,23-/m0/s1. The summed E-state index contributed by atoms with van der Waals surface area (Å²) in [5, 5.41) is 11.5. The highest BCUT2D eigenvalue weighted by Crippen LogP contribution is 2.35. The number of pyridine rings is 1. The van der Waals surface area contributed by atoms with Gasteiger partial charge in [0.2, 0.25) is 5.91 Å². The lowest BCUT2D eigenvalue weighted by Gasteiger charge is -2.20. The predicted molar refractivity (Wildman–Crippen MR) is 127 cm³/mol. The molecule has 3 aromatic rings. The normalized spacial score (nSPS) is 17.1. The van der Waals surface area contributed by atoms with Crippen molar-refractivity contribution in [2.45, 2.75) is 25.4 Å². The number of ether oxygens (including phenoxy) is 1. The molecule has 36 heavy (non-hydrogen) atoms. The molecule has 2 atom stereocenters. The fourth-order valence-corrected chi connectivity index (χ4v) is 4.30. The molecule has 1 saturated heterocycles. The average molecular weight is 492 g/mol. The molecule has 0 saturated carbocycles. The van der Waals surface area contributed by atoms with Gasteiger partial charge in [-0.25, -0.2) is 8.78 Å². The molecule has 1 N–H and O–H groups in total. The van der Waals surface area contributed by atoms with Gasteiger partial charge < -0.3 is 19.5 Å². The summed E-state index contributed by atoms with van der Waals surface area (Å²) in [4.78, 5) is 40.5. The Hall–Kier alpha value is -4.52. The van der Waals surface area contributed by atoms with E-state index in [0.717, 1.165) is 17.0 Å². The molecular weight excluding hydrogens is 470 g/mol. The number of benzene rings is 2. The lowest BCUT2D eigenvalue weighted by molar-refractivity contribution is -0.118. The van der Waals surface area contributed by atoms with Crippen LogP contribution in [0.2, 0.25) is 0 Å². The lowest BCUT2D eigenvalue weighted by Crippen LogP contribution is -2.44. The van der Waals surface area contributed by atoms with E-state index < -0.39 is 46.5 Å². The smallest absolute Gasteiger partial charge is 0.274 e. The molecule has 1 aromatic heterocycles. The summed E-state index contributed by atoms with van der Waals surface area (Å²) in [5.74, 6) is -4.41. The second kappa shape index (κ2) is 10.00. The molecule has 8 nitrogen and oxygen atoms in total. The van der Waals surface area contributed by atoms with Crippen LogP contribution in [0.4, 0.5) is 14.5 Å². The van der Waals surface area contributed by atoms with E-state index in [1.165, 1.54) is 42.0 Å². The van der Waals surface area contributed by atoms with Crippen molar-refractivity contribution in [3.63, 3.8) is 0 Å². The fraction of sp³-hybridized carbons (Fsp3) is 0.231. The van der Waals surface area contributed by atoms with Crippen LogP contribution in [0, 0.1) is 23.0 Å². The van der Waals surface area contributed by atoms with Crippen LogP contribution in [0.25, 0.3) is 0 Å². The fourth-order valence-electron chi connectivity index (χ4n) is 4.30. The number of nitriles is 1. The van der Waals surface area contributed by atoms with Gasteiger partial charge in [0.25, 0.3) is 11.5 Å². The highest BCUT2D eigenvalue weighted by Gasteiger charge is 2.45. The molecule has 4 rings (SSSR count). The van der Waals surface area contributed by atoms with Crippen LogP contribution in [0.15, 0.2) is 59.5 Å². The Labute approximate surface area is 205 Å². The number of amides is 2. The third-order valence-electron chi connectivity index (χ3n) is 6.17. The van der Waals surface area contributed by atoms with Gasteiger partial charge in [0.05, 0.1) is 18.7 Å². The first-order chi connectivity index (χ1) is 17.3. The summed E-state index contributed by atoms with van der Waals surface area (Å²) < 4.78 is 36.4. The van der Waals surface area contributed by atoms with Gasteiger partial charge in [-0.05, 0) is 43.3 Å². The minimum Gasteiger partial charge on any atom is -0.497 e. The van der Waals surface area contributed by atoms with Crippen molar-refractivity contribution in [1.82, 2.24) is 9.88 Å². The van der Waals surface area contributed by atoms with Gasteiger partial charge in [-0.3, -0.25) is 14.4 Å². The Bertz CT molecular complexity index is 1410. The number of hydrogen-bond acceptors (Lipinski definition) is 5. The average Bonchev–Trinajstić information content (AvgIpc) is 3.18. The summed E-state index contributed by atoms with van der Waals surface area (Å²) in [5.41, 5.74) is -0.307. The van der Waals surface area contributed by atoms with Crippen LogP contribution < -0.4 is 20.5 Å². The molecule has 2 aromatic carbocycles. The quantitative estimate of drug-likeness (QED) is 0.570. The second-order valence-electron chi connectivity index (χ2n) is 8.18. The van der Waals surface area contributed by atoms with Crippen molar-refractivity contribution >= 4 is 17.5 Å². The van der Waals surface area contributed by atoms with E-state index in [9.17, 15) is 14.4 Å². The summed E-state index contributed by atoms with van der Waals surface area (Å²) in [7, 11) is 1.27. The zero-order chi connectivity index (χ0) is 26.0. The Morgan fingerprint density at radius 1 is 1.17 bits per heavy atom. The van der Waals surface area contributed by atoms with E-state index in [1.807, 2.05) is 6.07 Å². The van der Waals surface area contributed by atoms with Crippen LogP contribution in [0.1, 0.15) is 34.3 Å². The van der Waals surface area contributed by atoms with Gasteiger partial charge in [-0.1, -0.05) is 0 Å². The number of hydrogen-bond donors (Lipinski definition) is 1. The summed E-state index contributed by atoms with van der Waals surface area (Å²) >= 11 is 0. The SMILES string of the molecule is CCn1cccc(N2C[C@@H](c3c(F)cc(OC)cc3F)[C@H](NC(=O)c3ccc(C#N)cc3)C2=O)c1=O. The molecule has 1 aliphatic rings. The number of nitrogens with zero attached hydrogens (tertiary/aromatic N) is 3. The van der Waals surface area contributed by atoms with E-state index in [4.69, 9.17) is 10.00 Å². The first kappa shape index (κ1) is 24.6. The number of halogens is 2. The third kappa shape index (κ3) is 4.43. The van der Waals surface area contributed by atoms with Gasteiger partial charge >= 0.3 is 0 Å². The molecule has 0 radical (unpaired) electrons. The number of carbonyl (C=O) groups is 2. The Morgan fingerprint density at radius 2 is 1.83 bits per heavy atom. The van der Waals surface area contributed by atoms with Crippen molar-refractivity contribution in [3.8, 4) is 11.8 Å². The summed E-state index contributed by atoms with van der Waals surface area (Å²) in [6, 6.07) is 11.3. The van der Waals surface area contributed by atoms with Crippen molar-refractivity contribution in [3.05, 3.63) is 93.4 Å². The topological polar surface area (TPSA) is 104 Å². The highest BCUT2D eigenvalue weighted by molar-refractivity contribution is 6.05. The van der Waals surface area contributed by atoms with Crippen LogP contribution in [0.5, 0.6) is 5.75 Å². The van der Waals surface area contributed by atoms with Gasteiger partial charge in [-0.15, -0.1) is 0 Å². The molecule has 0 unspecified atom stereocenters. The number of nitrogens with one attached hydrogen (secondary N) is 1. The van der Waals surface area contributed by atoms with Crippen LogP contribution in [0.3, 0.4) is 0 Å². The number of anilines is 1. The third-order valence-corrected chi connectivity index (χ3v) is 6.17. The zero-order valence-corrected chi connectivity index (χ0v) is 19.5. The van der Waals surface area contributed by atoms with Crippen LogP contribution in [-0.4, -0.2) is 36.1 Å². The molecule has 0 aliphatic carbocycles. The van der Waals surface area contributed by atoms with Crippen molar-refractivity contribution in [1.29, 1.82) is 5.26 Å². The van der Waals surface area contributed by atoms with E-state index in [2.05, 4.69) is 5.32 Å². The molecular formula is C26H22F2N4O4. The number of rotatable bonds is 6. The first-order valence-electron chi connectivity index (χ1n) is 11.1. The minimum atomic E-state index is -1.36. The molecule has 1 aliphatic heterocycles. The van der Waals surface area contributed by atoms with Gasteiger partial charge in [0, 0.05) is 48.5 Å². The van der Waals surface area contributed by atoms with E-state index in [0.29, 0.717) is 12.1 Å². The zero-order valence-electron chi connectivity index (χ0n) is 19.5. The Kier molecular flexibility index (Phi) is 6.83. The van der Waals surface area contributed by atoms with E-state index in [1.54, 1.807) is 19.2 Å². The maximum atomic E-state index is 15.1.